The molecule has 0 unspecified atom stereocenters. The molecule has 0 spiro atoms. The predicted molar refractivity (Wildman–Crippen MR) is 38.6 cm³/mol. The summed E-state index contributed by atoms with van der Waals surface area (Å²) >= 11 is 0. The van der Waals surface area contributed by atoms with Crippen molar-refractivity contribution < 1.29 is 36.9 Å². The molecule has 0 heterocycles. The zero-order chi connectivity index (χ0) is 8.57. The third kappa shape index (κ3) is 37.3. The van der Waals surface area contributed by atoms with Gasteiger partial charge in [-0.2, -0.15) is 0 Å². The topological polar surface area (TPSA) is 68.3 Å². The van der Waals surface area contributed by atoms with Crippen LogP contribution in [0.3, 0.4) is 0 Å². The molecule has 0 aromatic rings. The Morgan fingerprint density at radius 3 is 0.909 bits per heavy atom. The van der Waals surface area contributed by atoms with Gasteiger partial charge in [0.1, 0.15) is 0 Å². The molecular weight excluding hydrogens is 368 g/mol. The summed E-state index contributed by atoms with van der Waals surface area (Å²) in [6.07, 6.45) is 0. The third-order valence-corrected chi connectivity index (χ3v) is 1.41. The van der Waals surface area contributed by atoms with E-state index in [1.54, 1.807) is 13.8 Å². The minimum atomic E-state index is -1.82. The van der Waals surface area contributed by atoms with E-state index >= 15 is 0 Å². The van der Waals surface area contributed by atoms with E-state index < -0.39 is 21.4 Å². The van der Waals surface area contributed by atoms with Crippen LogP contribution in [0.15, 0.2) is 0 Å². The van der Waals surface area contributed by atoms with Crippen LogP contribution < -0.4 is 0 Å². The first-order valence-corrected chi connectivity index (χ1v) is 5.15. The molecule has 1 radical (unpaired) electrons. The fourth-order valence-corrected chi connectivity index (χ4v) is 0. The van der Waals surface area contributed by atoms with Crippen molar-refractivity contribution in [1.82, 2.24) is 0 Å². The van der Waals surface area contributed by atoms with Crippen molar-refractivity contribution >= 4 is 21.4 Å². The van der Waals surface area contributed by atoms with Gasteiger partial charge < -0.3 is 16.8 Å². The minimum Gasteiger partial charge on any atom is -0.424 e. The Labute approximate surface area is 83.6 Å². The van der Waals surface area contributed by atoms with Crippen LogP contribution in [0.1, 0.15) is 13.8 Å². The monoisotopic (exact) mass is 379 g/mol. The molecule has 73 valence electrons. The van der Waals surface area contributed by atoms with Gasteiger partial charge in [0.25, 0.3) is 0 Å². The molecule has 0 bridgehead atoms. The van der Waals surface area contributed by atoms with Crippen LogP contribution in [-0.4, -0.2) is 11.5 Å². The van der Waals surface area contributed by atoms with Gasteiger partial charge in [-0.25, -0.2) is 0 Å². The summed E-state index contributed by atoms with van der Waals surface area (Å²) in [5.41, 5.74) is 0. The molecule has 0 aliphatic rings. The second-order valence-corrected chi connectivity index (χ2v) is 3.55. The van der Waals surface area contributed by atoms with Crippen LogP contribution >= 0.6 is 0 Å². The van der Waals surface area contributed by atoms with E-state index in [-0.39, 0.29) is 31.6 Å². The fourth-order valence-electron chi connectivity index (χ4n) is 0. The van der Waals surface area contributed by atoms with E-state index in [4.69, 9.17) is 0 Å². The first-order chi connectivity index (χ1) is 4.54. The Kier molecular flexibility index (Phi) is 21.0. The summed E-state index contributed by atoms with van der Waals surface area (Å²) in [5.74, 6) is 0.444. The maximum atomic E-state index is 9.37. The molecule has 0 amide bonds. The van der Waals surface area contributed by atoms with E-state index in [0.29, 0.717) is 0 Å². The van der Waals surface area contributed by atoms with Crippen molar-refractivity contribution in [2.24, 2.45) is 0 Å². The molecule has 0 saturated heterocycles. The maximum Gasteiger partial charge on any atom is 0 e. The molecule has 11 heavy (non-hydrogen) atoms. The van der Waals surface area contributed by atoms with Gasteiger partial charge in [-0.05, 0) is 0 Å². The van der Waals surface area contributed by atoms with Gasteiger partial charge in [-0.15, -0.1) is 0 Å². The van der Waals surface area contributed by atoms with Crippen LogP contribution in [0.2, 0.25) is 0 Å². The third-order valence-electron chi connectivity index (χ3n) is 0.471. The van der Waals surface area contributed by atoms with Gasteiger partial charge >= 0.3 is 0 Å². The van der Waals surface area contributed by atoms with Crippen molar-refractivity contribution in [2.75, 3.05) is 11.5 Å². The largest absolute Gasteiger partial charge is 0.424 e. The van der Waals surface area contributed by atoms with Crippen LogP contribution in [0.25, 0.3) is 0 Å². The number of rotatable bonds is 2. The smallest absolute Gasteiger partial charge is 0 e. The van der Waals surface area contributed by atoms with Crippen LogP contribution in [-0.2, 0) is 58.3 Å². The Bertz CT molecular complexity index is 158. The molecule has 0 aromatic heterocycles. The van der Waals surface area contributed by atoms with Crippen LogP contribution in [0, 0.1) is 0 Å². The van der Waals surface area contributed by atoms with Crippen molar-refractivity contribution in [2.45, 2.75) is 13.8 Å². The van der Waals surface area contributed by atoms with Gasteiger partial charge in [-0.3, -0.25) is 0 Å². The van der Waals surface area contributed by atoms with Crippen molar-refractivity contribution in [3.05, 3.63) is 0 Å². The van der Waals surface area contributed by atoms with Gasteiger partial charge in [0, 0.05) is 20.1 Å². The summed E-state index contributed by atoms with van der Waals surface area (Å²) < 4.78 is 37.5. The van der Waals surface area contributed by atoms with Crippen molar-refractivity contribution in [1.29, 1.82) is 0 Å². The second kappa shape index (κ2) is 13.2. The Hall–Kier alpha value is 0.549. The summed E-state index contributed by atoms with van der Waals surface area (Å²) in [4.78, 5) is 0. The normalized spacial score (nSPS) is 8.36. The summed E-state index contributed by atoms with van der Waals surface area (Å²) in [6, 6.07) is 0. The molecule has 0 fully saturated rings. The average molecular weight is 378 g/mol. The quantitative estimate of drug-likeness (QED) is 0.661. The zero-order valence-corrected chi connectivity index (χ0v) is 10.2. The van der Waals surface area contributed by atoms with Gasteiger partial charge in [-0.1, -0.05) is 46.8 Å². The summed E-state index contributed by atoms with van der Waals surface area (Å²) in [6.45, 7) is 3.17. The van der Waals surface area contributed by atoms with Crippen LogP contribution in [0.4, 0.5) is 0 Å². The molecule has 0 saturated carbocycles. The number of hydrogen-bond donors (Lipinski definition) is 0. The van der Waals surface area contributed by atoms with Gasteiger partial charge in [0.15, 0.2) is 0 Å². The second-order valence-electron chi connectivity index (χ2n) is 1.18. The molecule has 0 N–H and O–H groups in total. The molecule has 0 aromatic carbocycles. The molecule has 4 nitrogen and oxygen atoms in total. The fraction of sp³-hybridized carbons (Fsp3) is 1.00. The Balaban J connectivity index is -0.000000107. The van der Waals surface area contributed by atoms with Crippen molar-refractivity contribution in [3.63, 3.8) is 0 Å². The molecule has 7 heteroatoms. The van der Waals surface area contributed by atoms with Crippen LogP contribution in [0.5, 0.6) is 0 Å². The minimum absolute atomic E-state index is 0. The van der Waals surface area contributed by atoms with E-state index in [0.717, 1.165) is 0 Å². The summed E-state index contributed by atoms with van der Waals surface area (Å²) in [5, 5.41) is 0. The van der Waals surface area contributed by atoms with Gasteiger partial charge in [0.05, 0.1) is 0 Å². The molecule has 0 rings (SSSR count). The zero-order valence-electron chi connectivity index (χ0n) is 6.20. The van der Waals surface area contributed by atoms with Crippen molar-refractivity contribution in [3.8, 4) is 0 Å². The molecule has 0 aliphatic carbocycles. The molecule has 0 aliphatic heterocycles. The predicted octanol–water partition coefficient (Wildman–Crippen LogP) is 0.629. The van der Waals surface area contributed by atoms with E-state index in [1.165, 1.54) is 0 Å². The van der Waals surface area contributed by atoms with Gasteiger partial charge in [0.2, 0.25) is 0 Å². The molecule has 0 atom stereocenters. The first kappa shape index (κ1) is 17.6. The first-order valence-electron chi connectivity index (χ1n) is 2.66. The van der Waals surface area contributed by atoms with E-state index in [1.807, 2.05) is 0 Å². The Morgan fingerprint density at radius 1 is 0.818 bits per heavy atom. The SMILES string of the molecule is CC[S-](=O)=O.CC[S-](=O)=O.[Ir]. The maximum absolute atomic E-state index is 9.37. The molecular formula is C4H10IrO4S2-2. The Morgan fingerprint density at radius 2 is 0.909 bits per heavy atom. The van der Waals surface area contributed by atoms with E-state index in [2.05, 4.69) is 0 Å². The summed E-state index contributed by atoms with van der Waals surface area (Å²) in [7, 11) is -3.65. The number of hydrogen-bond acceptors (Lipinski definition) is 6. The standard InChI is InChI=1S/2C2H5O2S.Ir/c2*1-2-5(3)4;/h2*2H2,1H3;/q2*-1;. The average Bonchev–Trinajstić information content (AvgIpc) is 1.89. The van der Waals surface area contributed by atoms with E-state index in [9.17, 15) is 16.8 Å².